The lowest BCUT2D eigenvalue weighted by atomic mass is 10.0. The number of nitrogens with zero attached hydrogens (tertiary/aromatic N) is 3. The molecule has 1 aliphatic carbocycles. The van der Waals surface area contributed by atoms with E-state index >= 15 is 0 Å². The number of rotatable bonds is 8. The number of ether oxygens (including phenoxy) is 4. The van der Waals surface area contributed by atoms with Crippen molar-refractivity contribution in [1.29, 1.82) is 0 Å². The summed E-state index contributed by atoms with van der Waals surface area (Å²) in [5, 5.41) is 2.85. The summed E-state index contributed by atoms with van der Waals surface area (Å²) < 4.78 is 21.9. The molecule has 2 amide bonds. The third kappa shape index (κ3) is 5.17. The van der Waals surface area contributed by atoms with Gasteiger partial charge in [-0.2, -0.15) is 0 Å². The number of aryl methyl sites for hydroxylation is 1. The van der Waals surface area contributed by atoms with Crippen LogP contribution in [-0.2, 0) is 25.4 Å². The molecule has 2 aromatic rings. The van der Waals surface area contributed by atoms with Crippen LogP contribution in [-0.4, -0.2) is 53.2 Å². The van der Waals surface area contributed by atoms with Crippen LogP contribution in [0.5, 0.6) is 5.88 Å². The van der Waals surface area contributed by atoms with Crippen molar-refractivity contribution in [2.24, 2.45) is 0 Å². The van der Waals surface area contributed by atoms with Gasteiger partial charge in [0.15, 0.2) is 12.0 Å². The van der Waals surface area contributed by atoms with E-state index in [0.717, 1.165) is 29.5 Å². The molecule has 1 fully saturated rings. The predicted octanol–water partition coefficient (Wildman–Crippen LogP) is 3.47. The van der Waals surface area contributed by atoms with Gasteiger partial charge in [-0.25, -0.2) is 14.7 Å². The average Bonchev–Trinajstić information content (AvgIpc) is 3.31. The summed E-state index contributed by atoms with van der Waals surface area (Å²) >= 11 is 0. The van der Waals surface area contributed by atoms with Gasteiger partial charge in [-0.05, 0) is 42.5 Å². The molecule has 10 nitrogen and oxygen atoms in total. The minimum atomic E-state index is -0.550. The van der Waals surface area contributed by atoms with E-state index in [1.807, 2.05) is 24.3 Å². The summed E-state index contributed by atoms with van der Waals surface area (Å²) in [7, 11) is 1.56. The summed E-state index contributed by atoms with van der Waals surface area (Å²) in [6, 6.07) is 5.44. The van der Waals surface area contributed by atoms with Crippen LogP contribution in [0.4, 0.5) is 4.79 Å². The Morgan fingerprint density at radius 2 is 2.19 bits per heavy atom. The average molecular weight is 491 g/mol. The van der Waals surface area contributed by atoms with Crippen LogP contribution in [0, 0.1) is 0 Å². The third-order valence-electron chi connectivity index (χ3n) is 6.03. The minimum absolute atomic E-state index is 0.156. The van der Waals surface area contributed by atoms with E-state index in [4.69, 9.17) is 18.9 Å². The number of methoxy groups -OCH3 is 1. The molecule has 10 heteroatoms. The topological polar surface area (TPSA) is 112 Å². The number of hydrogen-bond acceptors (Lipinski definition) is 8. The van der Waals surface area contributed by atoms with Crippen LogP contribution in [0.3, 0.4) is 0 Å². The summed E-state index contributed by atoms with van der Waals surface area (Å²) in [6.45, 7) is 0.427. The van der Waals surface area contributed by atoms with Gasteiger partial charge in [-0.1, -0.05) is 18.2 Å². The van der Waals surface area contributed by atoms with Gasteiger partial charge in [-0.3, -0.25) is 9.78 Å². The molecule has 4 heterocycles. The maximum Gasteiger partial charge on any atom is 0.417 e. The second-order valence-electron chi connectivity index (χ2n) is 8.45. The van der Waals surface area contributed by atoms with Crippen LogP contribution in [0.1, 0.15) is 24.8 Å². The van der Waals surface area contributed by atoms with Gasteiger partial charge in [0.05, 0.1) is 31.2 Å². The van der Waals surface area contributed by atoms with Crippen LogP contribution >= 0.6 is 0 Å². The first kappa shape index (κ1) is 23.4. The lowest BCUT2D eigenvalue weighted by molar-refractivity contribution is -0.121. The smallest absolute Gasteiger partial charge is 0.417 e. The van der Waals surface area contributed by atoms with E-state index in [9.17, 15) is 9.59 Å². The number of cyclic esters (lactones) is 1. The fourth-order valence-electron chi connectivity index (χ4n) is 4.13. The Kier molecular flexibility index (Phi) is 6.83. The third-order valence-corrected chi connectivity index (χ3v) is 6.03. The zero-order valence-corrected chi connectivity index (χ0v) is 19.8. The SMILES string of the molecule is COc1ccc2nccc(CCC(=O)NC[C@@H]3CN(C4=COC=C(C5=CC=CCC5)O4)C(=O)O3)c2n1. The highest BCUT2D eigenvalue weighted by Crippen LogP contribution is 2.29. The van der Waals surface area contributed by atoms with E-state index in [1.165, 1.54) is 17.4 Å². The number of carbonyl (C=O) groups excluding carboxylic acids is 2. The molecule has 186 valence electrons. The number of aromatic nitrogens is 2. The van der Waals surface area contributed by atoms with Crippen molar-refractivity contribution in [3.05, 3.63) is 77.9 Å². The lowest BCUT2D eigenvalue weighted by Gasteiger charge is -2.23. The van der Waals surface area contributed by atoms with Crippen molar-refractivity contribution in [2.75, 3.05) is 20.2 Å². The highest BCUT2D eigenvalue weighted by atomic mass is 16.6. The molecule has 1 N–H and O–H groups in total. The van der Waals surface area contributed by atoms with Crippen LogP contribution in [0.25, 0.3) is 11.0 Å². The molecular formula is C26H26N4O6. The van der Waals surface area contributed by atoms with Crippen molar-refractivity contribution >= 4 is 23.0 Å². The van der Waals surface area contributed by atoms with Gasteiger partial charge in [0.25, 0.3) is 0 Å². The lowest BCUT2D eigenvalue weighted by Crippen LogP contribution is -2.35. The van der Waals surface area contributed by atoms with Gasteiger partial charge >= 0.3 is 6.09 Å². The predicted molar refractivity (Wildman–Crippen MR) is 129 cm³/mol. The van der Waals surface area contributed by atoms with E-state index < -0.39 is 12.2 Å². The standard InChI is InChI=1S/C26H26N4O6/c1-33-23-10-8-20-25(29-23)18(11-12-27-20)7-9-22(31)28-13-19-14-30(26(32)35-19)24-16-34-15-21(36-24)17-5-3-2-4-6-17/h2-3,5,8,10-12,15-16,19H,4,6-7,9,13-14H2,1H3,(H,28,31)/t19-/m1/s1. The monoisotopic (exact) mass is 490 g/mol. The van der Waals surface area contributed by atoms with E-state index in [2.05, 4.69) is 21.4 Å². The molecule has 0 spiro atoms. The first-order chi connectivity index (χ1) is 17.6. The Hall–Kier alpha value is -4.34. The van der Waals surface area contributed by atoms with Crippen LogP contribution in [0.15, 0.2) is 72.4 Å². The summed E-state index contributed by atoms with van der Waals surface area (Å²) in [4.78, 5) is 35.1. The second kappa shape index (κ2) is 10.5. The number of pyridine rings is 2. The second-order valence-corrected chi connectivity index (χ2v) is 8.45. The molecule has 5 rings (SSSR count). The molecule has 0 unspecified atom stereocenters. The van der Waals surface area contributed by atoms with Gasteiger partial charge in [-0.15, -0.1) is 0 Å². The number of fused-ring (bicyclic) bond motifs is 1. The van der Waals surface area contributed by atoms with Crippen LogP contribution < -0.4 is 10.1 Å². The number of amides is 2. The van der Waals surface area contributed by atoms with E-state index in [0.29, 0.717) is 23.6 Å². The first-order valence-electron chi connectivity index (χ1n) is 11.7. The maximum atomic E-state index is 12.5. The van der Waals surface area contributed by atoms with Gasteiger partial charge in [0.1, 0.15) is 12.4 Å². The molecule has 3 aliphatic rings. The highest BCUT2D eigenvalue weighted by molar-refractivity contribution is 5.80. The Bertz CT molecular complexity index is 1300. The molecule has 0 radical (unpaired) electrons. The fourth-order valence-corrected chi connectivity index (χ4v) is 4.13. The molecular weight excluding hydrogens is 464 g/mol. The Morgan fingerprint density at radius 3 is 3.03 bits per heavy atom. The number of carbonyl (C=O) groups is 2. The zero-order chi connectivity index (χ0) is 24.9. The molecule has 2 aliphatic heterocycles. The molecule has 36 heavy (non-hydrogen) atoms. The Morgan fingerprint density at radius 1 is 1.28 bits per heavy atom. The summed E-state index contributed by atoms with van der Waals surface area (Å²) in [5.74, 6) is 1.16. The molecule has 0 saturated carbocycles. The van der Waals surface area contributed by atoms with Crippen molar-refractivity contribution < 1.29 is 28.5 Å². The highest BCUT2D eigenvalue weighted by Gasteiger charge is 2.36. The normalized spacial score (nSPS) is 19.0. The number of nitrogens with one attached hydrogen (secondary N) is 1. The molecule has 1 atom stereocenters. The summed E-state index contributed by atoms with van der Waals surface area (Å²) in [6.07, 6.45) is 12.0. The van der Waals surface area contributed by atoms with Crippen LogP contribution in [0.2, 0.25) is 0 Å². The zero-order valence-electron chi connectivity index (χ0n) is 19.8. The maximum absolute atomic E-state index is 12.5. The quantitative estimate of drug-likeness (QED) is 0.599. The van der Waals surface area contributed by atoms with Crippen molar-refractivity contribution in [3.63, 3.8) is 0 Å². The number of allylic oxidation sites excluding steroid dienone is 4. The number of hydrogen-bond donors (Lipinski definition) is 1. The summed E-state index contributed by atoms with van der Waals surface area (Å²) in [5.41, 5.74) is 3.35. The van der Waals surface area contributed by atoms with Crippen molar-refractivity contribution in [1.82, 2.24) is 20.2 Å². The molecule has 0 aromatic carbocycles. The van der Waals surface area contributed by atoms with Gasteiger partial charge in [0.2, 0.25) is 17.7 Å². The van der Waals surface area contributed by atoms with Crippen molar-refractivity contribution in [2.45, 2.75) is 31.8 Å². The van der Waals surface area contributed by atoms with Crippen molar-refractivity contribution in [3.8, 4) is 5.88 Å². The largest absolute Gasteiger partial charge is 0.481 e. The molecule has 1 saturated heterocycles. The fraction of sp³-hybridized carbons (Fsp3) is 0.308. The minimum Gasteiger partial charge on any atom is -0.481 e. The molecule has 2 aromatic heterocycles. The van der Waals surface area contributed by atoms with Gasteiger partial charge in [0, 0.05) is 18.7 Å². The van der Waals surface area contributed by atoms with E-state index in [1.54, 1.807) is 19.4 Å². The first-order valence-corrected chi connectivity index (χ1v) is 11.7. The molecule has 0 bridgehead atoms. The van der Waals surface area contributed by atoms with Gasteiger partial charge < -0.3 is 24.3 Å². The van der Waals surface area contributed by atoms with E-state index in [-0.39, 0.29) is 31.3 Å². The Balaban J connectivity index is 1.12. The Labute approximate surface area is 207 Å².